The van der Waals surface area contributed by atoms with Crippen LogP contribution in [0, 0.1) is 5.41 Å². The number of hydrogen-bond acceptors (Lipinski definition) is 4. The normalized spacial score (nSPS) is 36.4. The smallest absolute Gasteiger partial charge is 0.407 e. The van der Waals surface area contributed by atoms with E-state index >= 15 is 0 Å². The fourth-order valence-electron chi connectivity index (χ4n) is 4.22. The first kappa shape index (κ1) is 18.0. The van der Waals surface area contributed by atoms with Crippen molar-refractivity contribution in [1.29, 1.82) is 0 Å². The van der Waals surface area contributed by atoms with Crippen LogP contribution in [-0.2, 0) is 9.47 Å². The summed E-state index contributed by atoms with van der Waals surface area (Å²) in [6.45, 7) is 7.64. The van der Waals surface area contributed by atoms with E-state index in [1.807, 2.05) is 20.8 Å². The summed E-state index contributed by atoms with van der Waals surface area (Å²) in [5.41, 5.74) is -0.0780. The van der Waals surface area contributed by atoms with Gasteiger partial charge in [-0.15, -0.1) is 0 Å². The number of carbonyl (C=O) groups is 1. The molecule has 2 aliphatic carbocycles. The molecule has 3 rings (SSSR count). The molecule has 0 aromatic heterocycles. The summed E-state index contributed by atoms with van der Waals surface area (Å²) < 4.78 is 11.2. The zero-order valence-corrected chi connectivity index (χ0v) is 15.5. The predicted molar refractivity (Wildman–Crippen MR) is 94.1 cm³/mol. The molecule has 3 aliphatic rings. The van der Waals surface area contributed by atoms with Crippen molar-refractivity contribution in [1.82, 2.24) is 10.6 Å². The summed E-state index contributed by atoms with van der Waals surface area (Å²) in [6, 6.07) is 0.930. The van der Waals surface area contributed by atoms with Gasteiger partial charge in [-0.1, -0.05) is 0 Å². The molecule has 1 saturated heterocycles. The van der Waals surface area contributed by atoms with Crippen molar-refractivity contribution in [3.05, 3.63) is 0 Å². The van der Waals surface area contributed by atoms with E-state index in [0.717, 1.165) is 19.6 Å². The number of rotatable bonds is 4. The van der Waals surface area contributed by atoms with E-state index in [0.29, 0.717) is 23.6 Å². The fourth-order valence-corrected chi connectivity index (χ4v) is 4.22. The third-order valence-corrected chi connectivity index (χ3v) is 5.77. The summed E-state index contributed by atoms with van der Waals surface area (Å²) >= 11 is 0. The number of ether oxygens (including phenoxy) is 2. The molecule has 5 heteroatoms. The fraction of sp³-hybridized carbons (Fsp3) is 0.947. The van der Waals surface area contributed by atoms with Gasteiger partial charge in [0, 0.05) is 25.2 Å². The Morgan fingerprint density at radius 1 is 1.21 bits per heavy atom. The highest BCUT2D eigenvalue weighted by molar-refractivity contribution is 5.68. The first-order valence-electron chi connectivity index (χ1n) is 9.71. The maximum absolute atomic E-state index is 11.9. The minimum Gasteiger partial charge on any atom is -0.444 e. The molecular weight excluding hydrogens is 304 g/mol. The van der Waals surface area contributed by atoms with Crippen molar-refractivity contribution >= 4 is 6.09 Å². The molecule has 2 saturated carbocycles. The van der Waals surface area contributed by atoms with E-state index in [1.54, 1.807) is 0 Å². The van der Waals surface area contributed by atoms with Gasteiger partial charge in [0.1, 0.15) is 5.60 Å². The average molecular weight is 338 g/mol. The summed E-state index contributed by atoms with van der Waals surface area (Å²) in [5, 5.41) is 6.77. The van der Waals surface area contributed by atoms with Crippen LogP contribution in [0.25, 0.3) is 0 Å². The average Bonchev–Trinajstić information content (AvgIpc) is 3.17. The molecule has 2 N–H and O–H groups in total. The maximum Gasteiger partial charge on any atom is 0.407 e. The van der Waals surface area contributed by atoms with Gasteiger partial charge in [0.05, 0.1) is 6.10 Å². The van der Waals surface area contributed by atoms with Crippen molar-refractivity contribution < 1.29 is 14.3 Å². The molecule has 24 heavy (non-hydrogen) atoms. The third-order valence-electron chi connectivity index (χ3n) is 5.77. The third kappa shape index (κ3) is 4.85. The molecule has 1 spiro atoms. The van der Waals surface area contributed by atoms with Gasteiger partial charge in [-0.25, -0.2) is 4.79 Å². The first-order valence-corrected chi connectivity index (χ1v) is 9.71. The monoisotopic (exact) mass is 338 g/mol. The van der Waals surface area contributed by atoms with Crippen molar-refractivity contribution in [3.8, 4) is 0 Å². The maximum atomic E-state index is 11.9. The second-order valence-electron chi connectivity index (χ2n) is 8.94. The quantitative estimate of drug-likeness (QED) is 0.825. The second-order valence-corrected chi connectivity index (χ2v) is 8.94. The highest BCUT2D eigenvalue weighted by Gasteiger charge is 2.55. The van der Waals surface area contributed by atoms with E-state index in [4.69, 9.17) is 9.47 Å². The summed E-state index contributed by atoms with van der Waals surface area (Å²) in [5.74, 6) is 0. The Morgan fingerprint density at radius 2 is 1.96 bits per heavy atom. The zero-order chi connectivity index (χ0) is 17.2. The lowest BCUT2D eigenvalue weighted by Gasteiger charge is -2.32. The van der Waals surface area contributed by atoms with Crippen LogP contribution in [0.15, 0.2) is 0 Å². The summed E-state index contributed by atoms with van der Waals surface area (Å²) in [7, 11) is 0. The van der Waals surface area contributed by atoms with Crippen molar-refractivity contribution in [2.75, 3.05) is 13.2 Å². The summed E-state index contributed by atoms with van der Waals surface area (Å²) in [6.07, 6.45) is 9.81. The Morgan fingerprint density at radius 3 is 2.58 bits per heavy atom. The molecule has 0 bridgehead atoms. The molecule has 1 heterocycles. The van der Waals surface area contributed by atoms with E-state index in [1.165, 1.54) is 44.9 Å². The van der Waals surface area contributed by atoms with Crippen LogP contribution in [0.2, 0.25) is 0 Å². The Hall–Kier alpha value is -0.810. The van der Waals surface area contributed by atoms with E-state index in [9.17, 15) is 4.79 Å². The van der Waals surface area contributed by atoms with Crippen molar-refractivity contribution in [2.45, 2.75) is 95.9 Å². The van der Waals surface area contributed by atoms with Crippen LogP contribution in [0.4, 0.5) is 4.79 Å². The predicted octanol–water partition coefficient (Wildman–Crippen LogP) is 3.37. The lowest BCUT2D eigenvalue weighted by Crippen LogP contribution is -2.41. The van der Waals surface area contributed by atoms with Gasteiger partial charge in [-0.05, 0) is 77.6 Å². The Kier molecular flexibility index (Phi) is 5.40. The number of alkyl carbamates (subject to hydrolysis) is 1. The SMILES string of the molecule is CC(C)(C)OC(=O)NC1CC12CCC(NCC1CCCCO1)CC2. The van der Waals surface area contributed by atoms with Crippen LogP contribution in [0.3, 0.4) is 0 Å². The van der Waals surface area contributed by atoms with E-state index in [-0.39, 0.29) is 6.09 Å². The molecule has 3 fully saturated rings. The molecule has 5 nitrogen and oxygen atoms in total. The minimum absolute atomic E-state index is 0.265. The van der Waals surface area contributed by atoms with Crippen molar-refractivity contribution in [2.24, 2.45) is 5.41 Å². The molecule has 1 aliphatic heterocycles. The van der Waals surface area contributed by atoms with E-state index < -0.39 is 5.60 Å². The van der Waals surface area contributed by atoms with Crippen LogP contribution >= 0.6 is 0 Å². The van der Waals surface area contributed by atoms with Crippen LogP contribution in [0.1, 0.15) is 72.1 Å². The highest BCUT2D eigenvalue weighted by atomic mass is 16.6. The number of carbonyl (C=O) groups excluding carboxylic acids is 1. The topological polar surface area (TPSA) is 59.6 Å². The number of nitrogens with one attached hydrogen (secondary N) is 2. The standard InChI is InChI=1S/C19H34N2O3/c1-18(2,3)24-17(22)21-16-12-19(16)9-7-14(8-10-19)20-13-15-6-4-5-11-23-15/h14-16,20H,4-13H2,1-3H3,(H,21,22). The van der Waals surface area contributed by atoms with E-state index in [2.05, 4.69) is 10.6 Å². The number of hydrogen-bond donors (Lipinski definition) is 2. The molecule has 138 valence electrons. The van der Waals surface area contributed by atoms with Gasteiger partial charge in [0.25, 0.3) is 0 Å². The minimum atomic E-state index is -0.422. The molecule has 1 amide bonds. The molecule has 2 atom stereocenters. The molecule has 0 aromatic carbocycles. The van der Waals surface area contributed by atoms with Crippen molar-refractivity contribution in [3.63, 3.8) is 0 Å². The van der Waals surface area contributed by atoms with Gasteiger partial charge in [0.15, 0.2) is 0 Å². The van der Waals surface area contributed by atoms with Gasteiger partial charge >= 0.3 is 6.09 Å². The van der Waals surface area contributed by atoms with Crippen LogP contribution < -0.4 is 10.6 Å². The highest BCUT2D eigenvalue weighted by Crippen LogP contribution is 2.56. The lowest BCUT2D eigenvalue weighted by atomic mass is 9.82. The molecular formula is C19H34N2O3. The molecule has 0 aromatic rings. The largest absolute Gasteiger partial charge is 0.444 e. The zero-order valence-electron chi connectivity index (χ0n) is 15.5. The Bertz CT molecular complexity index is 432. The van der Waals surface area contributed by atoms with Crippen LogP contribution in [-0.4, -0.2) is 43.0 Å². The Labute approximate surface area is 146 Å². The van der Waals surface area contributed by atoms with Gasteiger partial charge in [-0.3, -0.25) is 0 Å². The summed E-state index contributed by atoms with van der Waals surface area (Å²) in [4.78, 5) is 11.9. The first-order chi connectivity index (χ1) is 11.4. The second kappa shape index (κ2) is 7.20. The van der Waals surface area contributed by atoms with Gasteiger partial charge in [-0.2, -0.15) is 0 Å². The Balaban J connectivity index is 1.34. The number of amides is 1. The molecule has 0 radical (unpaired) electrons. The van der Waals surface area contributed by atoms with Gasteiger partial charge in [0.2, 0.25) is 0 Å². The molecule has 2 unspecified atom stereocenters. The van der Waals surface area contributed by atoms with Gasteiger partial charge < -0.3 is 20.1 Å². The lowest BCUT2D eigenvalue weighted by molar-refractivity contribution is 0.0141. The van der Waals surface area contributed by atoms with Crippen LogP contribution in [0.5, 0.6) is 0 Å².